The van der Waals surface area contributed by atoms with Crippen molar-refractivity contribution in [3.8, 4) is 34.1 Å². The normalized spacial score (nSPS) is 15.3. The number of carbonyl (C=O) groups is 3. The first-order valence-corrected chi connectivity index (χ1v) is 16.5. The third-order valence-corrected chi connectivity index (χ3v) is 8.70. The van der Waals surface area contributed by atoms with Gasteiger partial charge in [-0.3, -0.25) is 19.2 Å². The molecule has 0 saturated carbocycles. The number of thioether (sulfide) groups is 1. The van der Waals surface area contributed by atoms with Crippen molar-refractivity contribution in [2.45, 2.75) is 38.3 Å². The Kier molecular flexibility index (Phi) is 10.4. The molecule has 0 unspecified atom stereocenters. The zero-order valence-electron chi connectivity index (χ0n) is 26.9. The Morgan fingerprint density at radius 1 is 1.04 bits per heavy atom. The monoisotopic (exact) mass is 662 g/mol. The van der Waals surface area contributed by atoms with Crippen LogP contribution in [0.1, 0.15) is 36.9 Å². The van der Waals surface area contributed by atoms with E-state index in [4.69, 9.17) is 18.9 Å². The highest BCUT2D eigenvalue weighted by molar-refractivity contribution is 7.98. The lowest BCUT2D eigenvalue weighted by atomic mass is 9.95. The maximum atomic E-state index is 13.9. The Bertz CT molecular complexity index is 1770. The van der Waals surface area contributed by atoms with Crippen molar-refractivity contribution in [1.82, 2.24) is 5.32 Å². The number of nitrogens with one attached hydrogen (secondary N) is 4. The average molecular weight is 663 g/mol. The minimum atomic E-state index is -0.767. The van der Waals surface area contributed by atoms with E-state index >= 15 is 0 Å². The van der Waals surface area contributed by atoms with Crippen LogP contribution in [-0.4, -0.2) is 63.7 Å². The van der Waals surface area contributed by atoms with Gasteiger partial charge >= 0.3 is 0 Å². The van der Waals surface area contributed by atoms with Crippen LogP contribution in [0.3, 0.4) is 0 Å². The van der Waals surface area contributed by atoms with E-state index < -0.39 is 12.1 Å². The predicted molar refractivity (Wildman–Crippen MR) is 182 cm³/mol. The number of hydrogen-bond acceptors (Lipinski definition) is 10. The second-order valence-corrected chi connectivity index (χ2v) is 12.1. The van der Waals surface area contributed by atoms with Crippen molar-refractivity contribution >= 4 is 46.5 Å². The third-order valence-electron chi connectivity index (χ3n) is 8.05. The molecular weight excluding hydrogens is 624 g/mol. The predicted octanol–water partition coefficient (Wildman–Crippen LogP) is 4.37. The van der Waals surface area contributed by atoms with Crippen molar-refractivity contribution in [1.29, 1.82) is 0 Å². The molecule has 3 amide bonds. The summed E-state index contributed by atoms with van der Waals surface area (Å²) < 4.78 is 22.6. The number of methoxy groups -OCH3 is 3. The van der Waals surface area contributed by atoms with Gasteiger partial charge in [-0.05, 0) is 84.4 Å². The van der Waals surface area contributed by atoms with Crippen LogP contribution in [0.5, 0.6) is 23.0 Å². The first kappa shape index (κ1) is 33.5. The first-order chi connectivity index (χ1) is 22.7. The maximum Gasteiger partial charge on any atom is 0.262 e. The summed E-state index contributed by atoms with van der Waals surface area (Å²) in [7, 11) is 4.62. The van der Waals surface area contributed by atoms with Crippen molar-refractivity contribution in [3.63, 3.8) is 0 Å². The quantitative estimate of drug-likeness (QED) is 0.233. The molecule has 13 heteroatoms. The van der Waals surface area contributed by atoms with E-state index in [0.29, 0.717) is 70.5 Å². The topological polar surface area (TPSA) is 153 Å². The smallest absolute Gasteiger partial charge is 0.262 e. The van der Waals surface area contributed by atoms with E-state index in [-0.39, 0.29) is 35.4 Å². The second-order valence-electron chi connectivity index (χ2n) is 11.1. The Morgan fingerprint density at radius 3 is 2.53 bits per heavy atom. The summed E-state index contributed by atoms with van der Waals surface area (Å²) in [5, 5.41) is 11.8. The number of rotatable bonds is 11. The molecule has 0 spiro atoms. The zero-order chi connectivity index (χ0) is 33.7. The Morgan fingerprint density at radius 2 is 1.83 bits per heavy atom. The summed E-state index contributed by atoms with van der Waals surface area (Å²) in [6, 6.07) is 10.6. The number of fused-ring (bicyclic) bond motifs is 4. The van der Waals surface area contributed by atoms with Gasteiger partial charge in [-0.2, -0.15) is 11.8 Å². The number of carbonyl (C=O) groups excluding carboxylic acids is 3. The second kappa shape index (κ2) is 14.7. The lowest BCUT2D eigenvalue weighted by Crippen LogP contribution is -2.36. The van der Waals surface area contributed by atoms with Gasteiger partial charge in [0.25, 0.3) is 5.91 Å². The van der Waals surface area contributed by atoms with E-state index in [1.807, 2.05) is 18.4 Å². The van der Waals surface area contributed by atoms with Gasteiger partial charge in [0.15, 0.2) is 18.1 Å². The number of benzene rings is 2. The SMILES string of the molecule is COc1cc2c(c(OC)c1OC)-c1ccc(N[C@@H](CCSC)C(=O)Nc3ccc4c(c3)NC(=O)CO4)c(=O)cc1[C@@H](NC(C)=O)CC2. The molecule has 3 aromatic carbocycles. The molecule has 0 fully saturated rings. The summed E-state index contributed by atoms with van der Waals surface area (Å²) >= 11 is 1.58. The first-order valence-electron chi connectivity index (χ1n) is 15.1. The molecule has 5 rings (SSSR count). The van der Waals surface area contributed by atoms with Crippen LogP contribution >= 0.6 is 11.8 Å². The fourth-order valence-corrected chi connectivity index (χ4v) is 6.38. The molecule has 4 N–H and O–H groups in total. The number of amides is 3. The van der Waals surface area contributed by atoms with E-state index in [1.54, 1.807) is 50.2 Å². The van der Waals surface area contributed by atoms with Crippen molar-refractivity contribution in [2.75, 3.05) is 55.9 Å². The molecule has 0 aromatic heterocycles. The van der Waals surface area contributed by atoms with Crippen molar-refractivity contribution in [2.24, 2.45) is 0 Å². The molecule has 3 aromatic rings. The molecule has 0 radical (unpaired) electrons. The van der Waals surface area contributed by atoms with E-state index in [1.165, 1.54) is 20.1 Å². The molecule has 47 heavy (non-hydrogen) atoms. The maximum absolute atomic E-state index is 13.9. The summed E-state index contributed by atoms with van der Waals surface area (Å²) in [6.07, 6.45) is 3.47. The Labute approximate surface area is 276 Å². The molecule has 0 saturated heterocycles. The minimum absolute atomic E-state index is 0.0689. The van der Waals surface area contributed by atoms with Gasteiger partial charge in [-0.25, -0.2) is 0 Å². The highest BCUT2D eigenvalue weighted by Crippen LogP contribution is 2.50. The number of aryl methyl sites for hydroxylation is 1. The van der Waals surface area contributed by atoms with E-state index in [0.717, 1.165) is 11.1 Å². The molecule has 2 aliphatic rings. The van der Waals surface area contributed by atoms with Crippen molar-refractivity contribution in [3.05, 3.63) is 63.8 Å². The minimum Gasteiger partial charge on any atom is -0.493 e. The lowest BCUT2D eigenvalue weighted by molar-refractivity contribution is -0.120. The van der Waals surface area contributed by atoms with Crippen LogP contribution in [0.15, 0.2) is 47.3 Å². The molecule has 2 atom stereocenters. The van der Waals surface area contributed by atoms with Gasteiger partial charge < -0.3 is 40.2 Å². The number of anilines is 3. The van der Waals surface area contributed by atoms with Gasteiger partial charge in [-0.1, -0.05) is 6.07 Å². The highest BCUT2D eigenvalue weighted by Gasteiger charge is 2.30. The van der Waals surface area contributed by atoms with Crippen LogP contribution < -0.4 is 45.6 Å². The standard InChI is InChI=1S/C34H38N4O8S/c1-18(39)35-23-9-6-19-14-29(43-2)32(44-3)33(45-4)31(19)21-8-10-24(27(40)16-22(21)23)37-25(12-13-47-5)34(42)36-20-7-11-28-26(15-20)38-30(41)17-46-28/h7-8,10-11,14-16,23,25H,6,9,12-13,17H2,1-5H3,(H,35,39)(H,36,42)(H,37,40)(H,38,41)/t23-,25-/m0/s1. The number of ether oxygens (including phenoxy) is 4. The summed E-state index contributed by atoms with van der Waals surface area (Å²) in [4.78, 5) is 51.5. The largest absolute Gasteiger partial charge is 0.493 e. The van der Waals surface area contributed by atoms with Crippen LogP contribution in [0.2, 0.25) is 0 Å². The highest BCUT2D eigenvalue weighted by atomic mass is 32.2. The summed E-state index contributed by atoms with van der Waals surface area (Å²) in [5.74, 6) is 1.67. The fourth-order valence-electron chi connectivity index (χ4n) is 5.91. The molecule has 1 aliphatic carbocycles. The molecule has 12 nitrogen and oxygen atoms in total. The fraction of sp³-hybridized carbons (Fsp3) is 0.353. The van der Waals surface area contributed by atoms with Gasteiger partial charge in [0.1, 0.15) is 11.8 Å². The van der Waals surface area contributed by atoms with E-state index in [2.05, 4.69) is 21.3 Å². The molecule has 1 aliphatic heterocycles. The summed E-state index contributed by atoms with van der Waals surface area (Å²) in [6.45, 7) is 1.37. The Hall–Kier alpha value is -4.91. The van der Waals surface area contributed by atoms with Crippen LogP contribution in [-0.2, 0) is 20.8 Å². The van der Waals surface area contributed by atoms with Crippen LogP contribution in [0.25, 0.3) is 11.1 Å². The van der Waals surface area contributed by atoms with Crippen LogP contribution in [0.4, 0.5) is 17.1 Å². The van der Waals surface area contributed by atoms with Gasteiger partial charge in [0, 0.05) is 18.2 Å². The van der Waals surface area contributed by atoms with Crippen molar-refractivity contribution < 1.29 is 33.3 Å². The van der Waals surface area contributed by atoms with E-state index in [9.17, 15) is 19.2 Å². The van der Waals surface area contributed by atoms with Gasteiger partial charge in [0.2, 0.25) is 23.0 Å². The van der Waals surface area contributed by atoms with Gasteiger partial charge in [0.05, 0.1) is 38.7 Å². The molecular formula is C34H38N4O8S. The molecule has 248 valence electrons. The molecule has 0 bridgehead atoms. The molecule has 1 heterocycles. The lowest BCUT2D eigenvalue weighted by Gasteiger charge is -2.21. The Balaban J connectivity index is 1.55. The van der Waals surface area contributed by atoms with Crippen LogP contribution in [0, 0.1) is 0 Å². The third kappa shape index (κ3) is 7.25. The number of hydrogen-bond donors (Lipinski definition) is 4. The zero-order valence-corrected chi connectivity index (χ0v) is 27.7. The summed E-state index contributed by atoms with van der Waals surface area (Å²) in [5.41, 5.74) is 3.74. The van der Waals surface area contributed by atoms with Gasteiger partial charge in [-0.15, -0.1) is 0 Å². The average Bonchev–Trinajstić information content (AvgIpc) is 3.29.